The second kappa shape index (κ2) is 6.42. The molecule has 4 atom stereocenters. The van der Waals surface area contributed by atoms with Crippen molar-refractivity contribution in [2.75, 3.05) is 0 Å². The van der Waals surface area contributed by atoms with Gasteiger partial charge in [0.15, 0.2) is 0 Å². The Morgan fingerprint density at radius 1 is 1.14 bits per heavy atom. The number of carboxylic acid groups (broad SMARTS) is 1. The van der Waals surface area contributed by atoms with Gasteiger partial charge in [0.2, 0.25) is 0 Å². The molecule has 2 fully saturated rings. The van der Waals surface area contributed by atoms with Crippen LogP contribution in [-0.2, 0) is 9.59 Å². The maximum absolute atomic E-state index is 12.6. The van der Waals surface area contributed by atoms with Crippen LogP contribution in [0, 0.1) is 23.7 Å². The van der Waals surface area contributed by atoms with Crippen molar-refractivity contribution in [3.8, 4) is 11.3 Å². The summed E-state index contributed by atoms with van der Waals surface area (Å²) in [5, 5.41) is 14.5. The Bertz CT molecular complexity index is 1090. The lowest BCUT2D eigenvalue weighted by atomic mass is 9.85. The number of fused-ring (bicyclic) bond motifs is 5. The normalized spacial score (nSPS) is 27.4. The fourth-order valence-corrected chi connectivity index (χ4v) is 4.74. The Labute approximate surface area is 170 Å². The van der Waals surface area contributed by atoms with Crippen molar-refractivity contribution < 1.29 is 23.9 Å². The number of nitrogens with zero attached hydrogens (tertiary/aromatic N) is 2. The van der Waals surface area contributed by atoms with E-state index in [0.717, 1.165) is 11.4 Å². The molecule has 7 nitrogen and oxygen atoms in total. The van der Waals surface area contributed by atoms with Gasteiger partial charge in [-0.25, -0.2) is 4.79 Å². The minimum Gasteiger partial charge on any atom is -0.478 e. The van der Waals surface area contributed by atoms with Crippen LogP contribution in [0.25, 0.3) is 11.3 Å². The quantitative estimate of drug-likeness (QED) is 0.472. The molecule has 2 amide bonds. The number of amides is 2. The number of rotatable bonds is 4. The van der Waals surface area contributed by atoms with Crippen LogP contribution in [0.3, 0.4) is 0 Å². The van der Waals surface area contributed by atoms with Gasteiger partial charge in [-0.15, -0.1) is 0 Å². The van der Waals surface area contributed by atoms with Crippen LogP contribution in [0.1, 0.15) is 22.5 Å². The number of imide groups is 1. The van der Waals surface area contributed by atoms with Crippen molar-refractivity contribution in [1.82, 2.24) is 5.01 Å². The lowest BCUT2D eigenvalue weighted by Gasteiger charge is -2.13. The zero-order chi connectivity index (χ0) is 20.3. The molecule has 0 radical (unpaired) electrons. The van der Waals surface area contributed by atoms with E-state index in [2.05, 4.69) is 5.10 Å². The van der Waals surface area contributed by atoms with E-state index >= 15 is 0 Å². The fourth-order valence-electron chi connectivity index (χ4n) is 4.53. The smallest absolute Gasteiger partial charge is 0.335 e. The summed E-state index contributed by atoms with van der Waals surface area (Å²) in [6.07, 6.45) is 6.22. The van der Waals surface area contributed by atoms with Crippen molar-refractivity contribution in [2.24, 2.45) is 28.8 Å². The van der Waals surface area contributed by atoms with Crippen LogP contribution >= 0.6 is 11.6 Å². The van der Waals surface area contributed by atoms with Crippen LogP contribution < -0.4 is 0 Å². The van der Waals surface area contributed by atoms with E-state index in [0.29, 0.717) is 22.1 Å². The van der Waals surface area contributed by atoms with Crippen molar-refractivity contribution in [3.05, 3.63) is 58.8 Å². The Morgan fingerprint density at radius 3 is 2.48 bits per heavy atom. The number of carboxylic acids is 1. The van der Waals surface area contributed by atoms with Gasteiger partial charge in [-0.2, -0.15) is 10.1 Å². The standard InChI is InChI=1S/C21H15ClN2O5/c22-15-5-3-12(21(27)28)8-14(15)16-6-4-13(29-16)9-23-24-19(25)17-10-1-2-11(7-10)18(17)20(24)26/h1-6,8-11,17-18H,7H2,(H,27,28). The summed E-state index contributed by atoms with van der Waals surface area (Å²) in [5.74, 6) is -1.29. The lowest BCUT2D eigenvalue weighted by Crippen LogP contribution is -2.28. The Morgan fingerprint density at radius 2 is 1.83 bits per heavy atom. The number of carbonyl (C=O) groups is 3. The van der Waals surface area contributed by atoms with Crippen molar-refractivity contribution in [1.29, 1.82) is 0 Å². The number of allylic oxidation sites excluding steroid dienone is 2. The minimum absolute atomic E-state index is 0.0825. The van der Waals surface area contributed by atoms with Gasteiger partial charge in [-0.05, 0) is 48.6 Å². The maximum Gasteiger partial charge on any atom is 0.335 e. The molecule has 1 aromatic heterocycles. The Hall–Kier alpha value is -3.19. The topological polar surface area (TPSA) is 100 Å². The summed E-state index contributed by atoms with van der Waals surface area (Å²) < 4.78 is 5.68. The number of furan rings is 1. The molecule has 2 bridgehead atoms. The molecule has 0 spiro atoms. The summed E-state index contributed by atoms with van der Waals surface area (Å²) in [4.78, 5) is 36.4. The van der Waals surface area contributed by atoms with Gasteiger partial charge in [0.1, 0.15) is 11.5 Å². The van der Waals surface area contributed by atoms with E-state index in [1.54, 1.807) is 12.1 Å². The molecule has 2 aliphatic carbocycles. The third-order valence-corrected chi connectivity index (χ3v) is 6.18. The largest absolute Gasteiger partial charge is 0.478 e. The first-order valence-electron chi connectivity index (χ1n) is 9.17. The summed E-state index contributed by atoms with van der Waals surface area (Å²) in [5.41, 5.74) is 0.510. The third kappa shape index (κ3) is 2.73. The minimum atomic E-state index is -1.07. The fraction of sp³-hybridized carbons (Fsp3) is 0.238. The number of halogens is 1. The molecule has 3 aliphatic rings. The molecule has 1 N–H and O–H groups in total. The van der Waals surface area contributed by atoms with Crippen molar-refractivity contribution >= 4 is 35.6 Å². The maximum atomic E-state index is 12.6. The first-order valence-corrected chi connectivity index (χ1v) is 9.55. The van der Waals surface area contributed by atoms with Crippen LogP contribution in [-0.4, -0.2) is 34.1 Å². The Balaban J connectivity index is 1.38. The van der Waals surface area contributed by atoms with Crippen LogP contribution in [0.5, 0.6) is 0 Å². The molecule has 2 aromatic rings. The number of benzene rings is 1. The molecule has 29 heavy (non-hydrogen) atoms. The molecule has 1 aromatic carbocycles. The second-order valence-electron chi connectivity index (χ2n) is 7.43. The van der Waals surface area contributed by atoms with Gasteiger partial charge in [0.25, 0.3) is 11.8 Å². The van der Waals surface area contributed by atoms with Crippen molar-refractivity contribution in [3.63, 3.8) is 0 Å². The predicted octanol–water partition coefficient (Wildman–Crippen LogP) is 3.44. The summed E-state index contributed by atoms with van der Waals surface area (Å²) >= 11 is 6.16. The third-order valence-electron chi connectivity index (χ3n) is 5.85. The summed E-state index contributed by atoms with van der Waals surface area (Å²) in [6, 6.07) is 7.55. The molecule has 146 valence electrons. The molecule has 4 unspecified atom stereocenters. The predicted molar refractivity (Wildman–Crippen MR) is 103 cm³/mol. The van der Waals surface area contributed by atoms with Crippen LogP contribution in [0.15, 0.2) is 52.0 Å². The number of hydrazone groups is 1. The zero-order valence-corrected chi connectivity index (χ0v) is 15.7. The molecule has 1 saturated heterocycles. The van der Waals surface area contributed by atoms with Gasteiger partial charge >= 0.3 is 5.97 Å². The summed E-state index contributed by atoms with van der Waals surface area (Å²) in [7, 11) is 0. The highest BCUT2D eigenvalue weighted by Crippen LogP contribution is 2.52. The number of aromatic carboxylic acids is 1. The number of hydrogen-bond donors (Lipinski definition) is 1. The van der Waals surface area contributed by atoms with E-state index in [-0.39, 0.29) is 41.0 Å². The molecule has 5 rings (SSSR count). The number of hydrogen-bond acceptors (Lipinski definition) is 5. The molecule has 8 heteroatoms. The highest BCUT2D eigenvalue weighted by atomic mass is 35.5. The van der Waals surface area contributed by atoms with Gasteiger partial charge in [0, 0.05) is 5.56 Å². The van der Waals surface area contributed by atoms with Gasteiger partial charge < -0.3 is 9.52 Å². The van der Waals surface area contributed by atoms with E-state index in [4.69, 9.17) is 21.1 Å². The van der Waals surface area contributed by atoms with E-state index in [9.17, 15) is 14.4 Å². The molecular formula is C21H15ClN2O5. The molecule has 1 saturated carbocycles. The highest BCUT2D eigenvalue weighted by molar-refractivity contribution is 6.33. The monoisotopic (exact) mass is 410 g/mol. The zero-order valence-electron chi connectivity index (χ0n) is 15.0. The van der Waals surface area contributed by atoms with Crippen LogP contribution in [0.4, 0.5) is 0 Å². The molecule has 1 aliphatic heterocycles. The Kier molecular flexibility index (Phi) is 3.96. The SMILES string of the molecule is O=C(O)c1ccc(Cl)c(-c2ccc(C=NN3C(=O)C4C5C=CC(C5)C4C3=O)o2)c1. The van der Waals surface area contributed by atoms with E-state index in [1.807, 2.05) is 12.2 Å². The van der Waals surface area contributed by atoms with Gasteiger partial charge in [-0.3, -0.25) is 9.59 Å². The first kappa shape index (κ1) is 17.9. The average Bonchev–Trinajstić information content (AvgIpc) is 3.46. The lowest BCUT2D eigenvalue weighted by molar-refractivity contribution is -0.140. The van der Waals surface area contributed by atoms with Crippen LogP contribution in [0.2, 0.25) is 5.02 Å². The van der Waals surface area contributed by atoms with E-state index in [1.165, 1.54) is 24.4 Å². The highest BCUT2D eigenvalue weighted by Gasteiger charge is 2.59. The molecule has 2 heterocycles. The average molecular weight is 411 g/mol. The summed E-state index contributed by atoms with van der Waals surface area (Å²) in [6.45, 7) is 0. The van der Waals surface area contributed by atoms with Gasteiger partial charge in [0.05, 0.1) is 28.6 Å². The number of carbonyl (C=O) groups excluding carboxylic acids is 2. The molecular weight excluding hydrogens is 396 g/mol. The van der Waals surface area contributed by atoms with E-state index < -0.39 is 5.97 Å². The van der Waals surface area contributed by atoms with Gasteiger partial charge in [-0.1, -0.05) is 23.8 Å². The van der Waals surface area contributed by atoms with Crippen molar-refractivity contribution in [2.45, 2.75) is 6.42 Å². The first-order chi connectivity index (χ1) is 13.9. The second-order valence-corrected chi connectivity index (χ2v) is 7.84.